The SMILES string of the molecule is CC(O)CN(C(=O)NC1CC(C)N(Cc2ccccc2)C1)C(C)C. The summed E-state index contributed by atoms with van der Waals surface area (Å²) in [5, 5.41) is 12.7. The largest absolute Gasteiger partial charge is 0.392 e. The normalized spacial score (nSPS) is 22.6. The Balaban J connectivity index is 1.90. The molecule has 3 atom stereocenters. The lowest BCUT2D eigenvalue weighted by molar-refractivity contribution is 0.117. The van der Waals surface area contributed by atoms with Crippen molar-refractivity contribution in [1.29, 1.82) is 0 Å². The van der Waals surface area contributed by atoms with E-state index in [1.165, 1.54) is 5.56 Å². The molecule has 0 spiro atoms. The topological polar surface area (TPSA) is 55.8 Å². The van der Waals surface area contributed by atoms with E-state index in [1.807, 2.05) is 19.9 Å². The minimum atomic E-state index is -0.518. The van der Waals surface area contributed by atoms with E-state index in [2.05, 4.69) is 41.4 Å². The van der Waals surface area contributed by atoms with Crippen LogP contribution in [0.1, 0.15) is 39.7 Å². The molecule has 3 unspecified atom stereocenters. The Morgan fingerprint density at radius 2 is 2.00 bits per heavy atom. The van der Waals surface area contributed by atoms with Gasteiger partial charge in [0.15, 0.2) is 0 Å². The maximum Gasteiger partial charge on any atom is 0.317 e. The second kappa shape index (κ2) is 8.49. The molecule has 1 fully saturated rings. The zero-order valence-corrected chi connectivity index (χ0v) is 15.3. The van der Waals surface area contributed by atoms with E-state index in [4.69, 9.17) is 0 Å². The molecule has 0 radical (unpaired) electrons. The van der Waals surface area contributed by atoms with Crippen molar-refractivity contribution in [3.8, 4) is 0 Å². The van der Waals surface area contributed by atoms with Gasteiger partial charge in [-0.1, -0.05) is 30.3 Å². The summed E-state index contributed by atoms with van der Waals surface area (Å²) in [5.41, 5.74) is 1.30. The maximum absolute atomic E-state index is 12.5. The van der Waals surface area contributed by atoms with Crippen LogP contribution in [0.2, 0.25) is 0 Å². The van der Waals surface area contributed by atoms with Gasteiger partial charge in [0.25, 0.3) is 0 Å². The number of carbonyl (C=O) groups is 1. The lowest BCUT2D eigenvalue weighted by Gasteiger charge is -2.29. The van der Waals surface area contributed by atoms with E-state index in [-0.39, 0.29) is 18.1 Å². The lowest BCUT2D eigenvalue weighted by atomic mass is 10.2. The fourth-order valence-corrected chi connectivity index (χ4v) is 3.31. The Morgan fingerprint density at radius 3 is 2.58 bits per heavy atom. The van der Waals surface area contributed by atoms with Crippen LogP contribution in [-0.2, 0) is 6.54 Å². The number of amides is 2. The van der Waals surface area contributed by atoms with Crippen molar-refractivity contribution in [2.24, 2.45) is 0 Å². The smallest absolute Gasteiger partial charge is 0.317 e. The van der Waals surface area contributed by atoms with E-state index in [9.17, 15) is 9.90 Å². The minimum Gasteiger partial charge on any atom is -0.392 e. The number of benzene rings is 1. The summed E-state index contributed by atoms with van der Waals surface area (Å²) in [5.74, 6) is 0. The number of hydrogen-bond acceptors (Lipinski definition) is 3. The van der Waals surface area contributed by atoms with Crippen molar-refractivity contribution in [3.63, 3.8) is 0 Å². The summed E-state index contributed by atoms with van der Waals surface area (Å²) in [4.78, 5) is 16.6. The Morgan fingerprint density at radius 1 is 1.33 bits per heavy atom. The average molecular weight is 333 g/mol. The summed E-state index contributed by atoms with van der Waals surface area (Å²) in [6, 6.07) is 11.0. The van der Waals surface area contributed by atoms with Crippen molar-refractivity contribution in [2.45, 2.75) is 64.9 Å². The first-order chi connectivity index (χ1) is 11.4. The van der Waals surface area contributed by atoms with E-state index in [1.54, 1.807) is 11.8 Å². The highest BCUT2D eigenvalue weighted by Crippen LogP contribution is 2.20. The number of nitrogens with zero attached hydrogens (tertiary/aromatic N) is 2. The molecule has 2 amide bonds. The Kier molecular flexibility index (Phi) is 6.63. The van der Waals surface area contributed by atoms with E-state index in [0.29, 0.717) is 12.6 Å². The number of likely N-dealkylation sites (tertiary alicyclic amines) is 1. The van der Waals surface area contributed by atoms with Gasteiger partial charge < -0.3 is 15.3 Å². The third-order valence-corrected chi connectivity index (χ3v) is 4.61. The number of urea groups is 1. The third kappa shape index (κ3) is 5.21. The van der Waals surface area contributed by atoms with Gasteiger partial charge >= 0.3 is 6.03 Å². The number of aliphatic hydroxyl groups is 1. The highest BCUT2D eigenvalue weighted by atomic mass is 16.3. The summed E-state index contributed by atoms with van der Waals surface area (Å²) in [7, 11) is 0. The second-order valence-electron chi connectivity index (χ2n) is 7.24. The van der Waals surface area contributed by atoms with E-state index >= 15 is 0 Å². The van der Waals surface area contributed by atoms with Gasteiger partial charge in [0, 0.05) is 37.8 Å². The molecular formula is C19H31N3O2. The molecule has 1 aliphatic rings. The van der Waals surface area contributed by atoms with Crippen LogP contribution in [0, 0.1) is 0 Å². The third-order valence-electron chi connectivity index (χ3n) is 4.61. The van der Waals surface area contributed by atoms with Crippen LogP contribution < -0.4 is 5.32 Å². The quantitative estimate of drug-likeness (QED) is 0.841. The molecule has 1 aromatic carbocycles. The van der Waals surface area contributed by atoms with Crippen LogP contribution in [0.15, 0.2) is 30.3 Å². The Bertz CT molecular complexity index is 519. The highest BCUT2D eigenvalue weighted by Gasteiger charge is 2.31. The summed E-state index contributed by atoms with van der Waals surface area (Å²) < 4.78 is 0. The molecule has 0 aromatic heterocycles. The molecule has 5 nitrogen and oxygen atoms in total. The molecule has 0 aliphatic carbocycles. The summed E-state index contributed by atoms with van der Waals surface area (Å²) >= 11 is 0. The number of aliphatic hydroxyl groups excluding tert-OH is 1. The first kappa shape index (κ1) is 18.7. The fraction of sp³-hybridized carbons (Fsp3) is 0.632. The zero-order valence-electron chi connectivity index (χ0n) is 15.3. The van der Waals surface area contributed by atoms with Gasteiger partial charge in [-0.2, -0.15) is 0 Å². The van der Waals surface area contributed by atoms with Gasteiger partial charge in [0.1, 0.15) is 0 Å². The molecule has 5 heteroatoms. The van der Waals surface area contributed by atoms with Gasteiger partial charge in [-0.3, -0.25) is 4.90 Å². The molecule has 2 rings (SSSR count). The number of rotatable bonds is 6. The van der Waals surface area contributed by atoms with Crippen LogP contribution >= 0.6 is 0 Å². The van der Waals surface area contributed by atoms with E-state index < -0.39 is 6.10 Å². The second-order valence-corrected chi connectivity index (χ2v) is 7.24. The van der Waals surface area contributed by atoms with E-state index in [0.717, 1.165) is 19.5 Å². The standard InChI is InChI=1S/C19H31N3O2/c1-14(2)22(11-16(4)23)19(24)20-18-10-15(3)21(13-18)12-17-8-6-5-7-9-17/h5-9,14-16,18,23H,10-13H2,1-4H3,(H,20,24). The van der Waals surface area contributed by atoms with Gasteiger partial charge in [0.05, 0.1) is 6.10 Å². The maximum atomic E-state index is 12.5. The van der Waals surface area contributed by atoms with Crippen LogP contribution in [0.4, 0.5) is 4.79 Å². The molecule has 0 bridgehead atoms. The number of nitrogens with one attached hydrogen (secondary N) is 1. The molecular weight excluding hydrogens is 302 g/mol. The Labute approximate surface area is 145 Å². The number of hydrogen-bond donors (Lipinski definition) is 2. The first-order valence-electron chi connectivity index (χ1n) is 8.90. The zero-order chi connectivity index (χ0) is 17.7. The predicted octanol–water partition coefficient (Wildman–Crippen LogP) is 2.45. The molecule has 1 heterocycles. The van der Waals surface area contributed by atoms with Gasteiger partial charge in [-0.25, -0.2) is 4.79 Å². The summed E-state index contributed by atoms with van der Waals surface area (Å²) in [6.45, 7) is 10.0. The first-order valence-corrected chi connectivity index (χ1v) is 8.90. The minimum absolute atomic E-state index is 0.0684. The van der Waals surface area contributed by atoms with Gasteiger partial charge in [-0.05, 0) is 39.7 Å². The molecule has 2 N–H and O–H groups in total. The van der Waals surface area contributed by atoms with Crippen LogP contribution in [0.5, 0.6) is 0 Å². The van der Waals surface area contributed by atoms with Crippen molar-refractivity contribution < 1.29 is 9.90 Å². The highest BCUT2D eigenvalue weighted by molar-refractivity contribution is 5.75. The van der Waals surface area contributed by atoms with Crippen LogP contribution in [-0.4, -0.2) is 58.3 Å². The fourth-order valence-electron chi connectivity index (χ4n) is 3.31. The van der Waals surface area contributed by atoms with Gasteiger partial charge in [0.2, 0.25) is 0 Å². The van der Waals surface area contributed by atoms with Crippen molar-refractivity contribution in [3.05, 3.63) is 35.9 Å². The predicted molar refractivity (Wildman–Crippen MR) is 96.8 cm³/mol. The molecule has 1 saturated heterocycles. The van der Waals surface area contributed by atoms with Crippen molar-refractivity contribution in [2.75, 3.05) is 13.1 Å². The van der Waals surface area contributed by atoms with Crippen molar-refractivity contribution in [1.82, 2.24) is 15.1 Å². The Hall–Kier alpha value is -1.59. The average Bonchev–Trinajstić information content (AvgIpc) is 2.85. The molecule has 1 aliphatic heterocycles. The number of carbonyl (C=O) groups excluding carboxylic acids is 1. The molecule has 24 heavy (non-hydrogen) atoms. The lowest BCUT2D eigenvalue weighted by Crippen LogP contribution is -2.50. The van der Waals surface area contributed by atoms with Gasteiger partial charge in [-0.15, -0.1) is 0 Å². The van der Waals surface area contributed by atoms with Crippen LogP contribution in [0.25, 0.3) is 0 Å². The molecule has 134 valence electrons. The van der Waals surface area contributed by atoms with Crippen LogP contribution in [0.3, 0.4) is 0 Å². The van der Waals surface area contributed by atoms with Crippen molar-refractivity contribution >= 4 is 6.03 Å². The monoisotopic (exact) mass is 333 g/mol. The molecule has 0 saturated carbocycles. The molecule has 1 aromatic rings. The summed E-state index contributed by atoms with van der Waals surface area (Å²) in [6.07, 6.45) is 0.439.